The van der Waals surface area contributed by atoms with Crippen LogP contribution in [0.15, 0.2) is 10.5 Å². The third-order valence-electron chi connectivity index (χ3n) is 6.51. The van der Waals surface area contributed by atoms with E-state index < -0.39 is 0 Å². The zero-order chi connectivity index (χ0) is 16.3. The van der Waals surface area contributed by atoms with Gasteiger partial charge in [0.25, 0.3) is 0 Å². The monoisotopic (exact) mass is 364 g/mol. The van der Waals surface area contributed by atoms with Crippen molar-refractivity contribution in [1.29, 1.82) is 0 Å². The van der Waals surface area contributed by atoms with E-state index in [-0.39, 0.29) is 5.41 Å². The summed E-state index contributed by atoms with van der Waals surface area (Å²) >= 11 is 3.61. The Balaban J connectivity index is 2.23. The third-order valence-corrected chi connectivity index (χ3v) is 7.11. The van der Waals surface area contributed by atoms with Crippen molar-refractivity contribution in [1.82, 2.24) is 0 Å². The Hall–Kier alpha value is -0.500. The first-order valence-corrected chi connectivity index (χ1v) is 9.52. The summed E-state index contributed by atoms with van der Waals surface area (Å²) in [5.41, 5.74) is 4.80. The zero-order valence-electron chi connectivity index (χ0n) is 14.6. The van der Waals surface area contributed by atoms with Gasteiger partial charge in [-0.05, 0) is 81.5 Å². The van der Waals surface area contributed by atoms with Crippen molar-refractivity contribution in [3.8, 4) is 5.75 Å². The van der Waals surface area contributed by atoms with Crippen molar-refractivity contribution in [2.24, 2.45) is 11.3 Å². The van der Waals surface area contributed by atoms with Gasteiger partial charge in [0.1, 0.15) is 5.75 Å². The molecule has 0 amide bonds. The number of phenols is 1. The molecule has 0 aromatic heterocycles. The summed E-state index contributed by atoms with van der Waals surface area (Å²) in [7, 11) is 0. The van der Waals surface area contributed by atoms with Gasteiger partial charge in [-0.3, -0.25) is 0 Å². The molecule has 0 saturated heterocycles. The first-order valence-electron chi connectivity index (χ1n) is 8.73. The van der Waals surface area contributed by atoms with Gasteiger partial charge >= 0.3 is 0 Å². The Kier molecular flexibility index (Phi) is 3.91. The Labute approximate surface area is 143 Å². The number of hydrogen-bond donors (Lipinski definition) is 1. The fraction of sp³-hybridized carbons (Fsp3) is 0.700. The van der Waals surface area contributed by atoms with Gasteiger partial charge in [0.05, 0.1) is 4.47 Å². The number of fused-ring (bicyclic) bond motifs is 3. The van der Waals surface area contributed by atoms with E-state index in [1.807, 2.05) is 0 Å². The van der Waals surface area contributed by atoms with Gasteiger partial charge in [0.2, 0.25) is 0 Å². The van der Waals surface area contributed by atoms with Crippen LogP contribution >= 0.6 is 15.9 Å². The molecule has 2 aliphatic carbocycles. The van der Waals surface area contributed by atoms with Crippen LogP contribution in [0.5, 0.6) is 5.75 Å². The molecule has 1 nitrogen and oxygen atoms in total. The number of aromatic hydroxyl groups is 1. The predicted molar refractivity (Wildman–Crippen MR) is 96.7 cm³/mol. The van der Waals surface area contributed by atoms with Crippen molar-refractivity contribution >= 4 is 15.9 Å². The highest BCUT2D eigenvalue weighted by molar-refractivity contribution is 9.10. The summed E-state index contributed by atoms with van der Waals surface area (Å²) in [6.45, 7) is 11.8. The van der Waals surface area contributed by atoms with E-state index in [1.165, 1.54) is 42.4 Å². The lowest BCUT2D eigenvalue weighted by Gasteiger charge is -2.55. The van der Waals surface area contributed by atoms with E-state index >= 15 is 0 Å². The van der Waals surface area contributed by atoms with Crippen LogP contribution in [0.25, 0.3) is 0 Å². The molecule has 1 aromatic rings. The predicted octanol–water partition coefficient (Wildman–Crippen LogP) is 6.31. The van der Waals surface area contributed by atoms with Gasteiger partial charge in [-0.25, -0.2) is 0 Å². The van der Waals surface area contributed by atoms with E-state index in [0.717, 1.165) is 16.8 Å². The summed E-state index contributed by atoms with van der Waals surface area (Å²) in [5.74, 6) is 1.58. The molecule has 1 aromatic carbocycles. The molecule has 1 fully saturated rings. The molecule has 1 N–H and O–H groups in total. The molecule has 22 heavy (non-hydrogen) atoms. The van der Waals surface area contributed by atoms with E-state index in [0.29, 0.717) is 17.1 Å². The molecule has 122 valence electrons. The standard InChI is InChI=1S/C20H29BrO/c1-12(2)17-13-7-8-16-19(3,4)9-6-10-20(16,5)14(13)11-15(21)18(17)22/h11-12,16,22H,6-10H2,1-5H3/t16-,20+/m0/s1. The fourth-order valence-electron chi connectivity index (χ4n) is 5.54. The molecule has 0 bridgehead atoms. The maximum absolute atomic E-state index is 10.6. The van der Waals surface area contributed by atoms with Crippen LogP contribution in [0, 0.1) is 11.3 Å². The van der Waals surface area contributed by atoms with E-state index in [4.69, 9.17) is 0 Å². The number of halogens is 1. The minimum atomic E-state index is 0.259. The normalized spacial score (nSPS) is 30.0. The van der Waals surface area contributed by atoms with Crippen LogP contribution in [0.3, 0.4) is 0 Å². The summed E-state index contributed by atoms with van der Waals surface area (Å²) in [4.78, 5) is 0. The third kappa shape index (κ3) is 2.25. The number of phenolic OH excluding ortho intramolecular Hbond substituents is 1. The SMILES string of the molecule is CC(C)c1c(O)c(Br)cc2c1CC[C@H]1C(C)(C)CCC[C@]21C. The van der Waals surface area contributed by atoms with Crippen molar-refractivity contribution in [3.05, 3.63) is 27.2 Å². The molecule has 1 saturated carbocycles. The van der Waals surface area contributed by atoms with Gasteiger partial charge in [-0.1, -0.05) is 41.0 Å². The molecule has 0 radical (unpaired) electrons. The summed E-state index contributed by atoms with van der Waals surface area (Å²) in [6.07, 6.45) is 6.32. The molecule has 0 heterocycles. The van der Waals surface area contributed by atoms with E-state index in [1.54, 1.807) is 0 Å². The number of rotatable bonds is 1. The van der Waals surface area contributed by atoms with Gasteiger partial charge in [-0.2, -0.15) is 0 Å². The van der Waals surface area contributed by atoms with Gasteiger partial charge < -0.3 is 5.11 Å². The van der Waals surface area contributed by atoms with Crippen molar-refractivity contribution in [2.75, 3.05) is 0 Å². The Bertz CT molecular complexity index is 602. The smallest absolute Gasteiger partial charge is 0.133 e. The van der Waals surface area contributed by atoms with Gasteiger partial charge in [0, 0.05) is 5.56 Å². The largest absolute Gasteiger partial charge is 0.506 e. The number of hydrogen-bond acceptors (Lipinski definition) is 1. The summed E-state index contributed by atoms with van der Waals surface area (Å²) in [5, 5.41) is 10.6. The molecule has 3 rings (SSSR count). The lowest BCUT2D eigenvalue weighted by Crippen LogP contribution is -2.48. The Morgan fingerprint density at radius 3 is 2.55 bits per heavy atom. The highest BCUT2D eigenvalue weighted by atomic mass is 79.9. The quantitative estimate of drug-likeness (QED) is 0.618. The highest BCUT2D eigenvalue weighted by Gasteiger charge is 2.50. The molecular weight excluding hydrogens is 336 g/mol. The lowest BCUT2D eigenvalue weighted by atomic mass is 9.50. The highest BCUT2D eigenvalue weighted by Crippen LogP contribution is 2.58. The Morgan fingerprint density at radius 1 is 1.23 bits per heavy atom. The minimum absolute atomic E-state index is 0.259. The van der Waals surface area contributed by atoms with Crippen LogP contribution < -0.4 is 0 Å². The van der Waals surface area contributed by atoms with Crippen LogP contribution in [-0.4, -0.2) is 5.11 Å². The lowest BCUT2D eigenvalue weighted by molar-refractivity contribution is 0.0404. The molecule has 2 atom stereocenters. The molecule has 0 unspecified atom stereocenters. The second-order valence-electron chi connectivity index (χ2n) is 8.65. The van der Waals surface area contributed by atoms with Crippen molar-refractivity contribution in [2.45, 2.75) is 78.1 Å². The molecule has 2 aliphatic rings. The average Bonchev–Trinajstić information content (AvgIpc) is 2.39. The average molecular weight is 365 g/mol. The second-order valence-corrected chi connectivity index (χ2v) is 9.51. The first kappa shape index (κ1) is 16.4. The second kappa shape index (κ2) is 5.26. The Morgan fingerprint density at radius 2 is 1.91 bits per heavy atom. The van der Waals surface area contributed by atoms with E-state index in [2.05, 4.69) is 56.6 Å². The maximum atomic E-state index is 10.6. The summed E-state index contributed by atoms with van der Waals surface area (Å²) in [6, 6.07) is 2.23. The van der Waals surface area contributed by atoms with Crippen LogP contribution in [-0.2, 0) is 11.8 Å². The molecule has 0 aliphatic heterocycles. The minimum Gasteiger partial charge on any atom is -0.506 e. The molecular formula is C20H29BrO. The van der Waals surface area contributed by atoms with Crippen molar-refractivity contribution in [3.63, 3.8) is 0 Å². The van der Waals surface area contributed by atoms with Crippen molar-refractivity contribution < 1.29 is 5.11 Å². The van der Waals surface area contributed by atoms with Crippen LogP contribution in [0.2, 0.25) is 0 Å². The zero-order valence-corrected chi connectivity index (χ0v) is 16.2. The number of benzene rings is 1. The topological polar surface area (TPSA) is 20.2 Å². The maximum Gasteiger partial charge on any atom is 0.133 e. The van der Waals surface area contributed by atoms with E-state index in [9.17, 15) is 5.11 Å². The van der Waals surface area contributed by atoms with Gasteiger partial charge in [-0.15, -0.1) is 0 Å². The van der Waals surface area contributed by atoms with Gasteiger partial charge in [0.15, 0.2) is 0 Å². The molecule has 0 spiro atoms. The fourth-order valence-corrected chi connectivity index (χ4v) is 5.98. The first-order chi connectivity index (χ1) is 10.2. The summed E-state index contributed by atoms with van der Waals surface area (Å²) < 4.78 is 0.875. The van der Waals surface area contributed by atoms with Crippen LogP contribution in [0.1, 0.15) is 82.9 Å². The molecule has 2 heteroatoms. The van der Waals surface area contributed by atoms with Crippen LogP contribution in [0.4, 0.5) is 0 Å².